The van der Waals surface area contributed by atoms with E-state index in [1.54, 1.807) is 0 Å². The van der Waals surface area contributed by atoms with Crippen molar-refractivity contribution in [2.45, 2.75) is 51.2 Å². The van der Waals surface area contributed by atoms with Crippen LogP contribution in [0, 0.1) is 5.92 Å². The molecule has 120 valence electrons. The average Bonchev–Trinajstić information content (AvgIpc) is 3.27. The third-order valence-electron chi connectivity index (χ3n) is 4.97. The fourth-order valence-electron chi connectivity index (χ4n) is 3.04. The van der Waals surface area contributed by atoms with Gasteiger partial charge in [0.15, 0.2) is 0 Å². The van der Waals surface area contributed by atoms with E-state index in [0.717, 1.165) is 30.9 Å². The quantitative estimate of drug-likeness (QED) is 0.875. The second-order valence-electron chi connectivity index (χ2n) is 7.12. The summed E-state index contributed by atoms with van der Waals surface area (Å²) in [6.07, 6.45) is 4.22. The van der Waals surface area contributed by atoms with Gasteiger partial charge in [0.05, 0.1) is 5.54 Å². The van der Waals surface area contributed by atoms with E-state index in [-0.39, 0.29) is 5.91 Å². The second-order valence-corrected chi connectivity index (χ2v) is 7.12. The van der Waals surface area contributed by atoms with Gasteiger partial charge in [-0.2, -0.15) is 0 Å². The molecule has 0 bridgehead atoms. The molecular formula is C18H27N3O. The summed E-state index contributed by atoms with van der Waals surface area (Å²) in [7, 11) is 0. The van der Waals surface area contributed by atoms with Gasteiger partial charge in [-0.25, -0.2) is 0 Å². The molecule has 1 aliphatic heterocycles. The average molecular weight is 301 g/mol. The molecule has 1 aliphatic carbocycles. The minimum absolute atomic E-state index is 0.0112. The lowest BCUT2D eigenvalue weighted by Gasteiger charge is -2.30. The highest BCUT2D eigenvalue weighted by molar-refractivity contribution is 5.88. The van der Waals surface area contributed by atoms with Crippen LogP contribution in [0.2, 0.25) is 0 Å². The molecule has 0 aromatic heterocycles. The van der Waals surface area contributed by atoms with E-state index in [1.165, 1.54) is 31.5 Å². The first-order chi connectivity index (χ1) is 10.5. The SMILES string of the molecule is CC1CCN(Cc2cccc(CNC(=O)C3(N)CC3)c2)CC1. The molecule has 0 unspecified atom stereocenters. The molecule has 0 atom stereocenters. The number of nitrogens with two attached hydrogens (primary N) is 1. The van der Waals surface area contributed by atoms with E-state index in [2.05, 4.69) is 41.4 Å². The van der Waals surface area contributed by atoms with Crippen LogP contribution in [-0.2, 0) is 17.9 Å². The molecule has 2 aliphatic rings. The van der Waals surface area contributed by atoms with Gasteiger partial charge >= 0.3 is 0 Å². The molecule has 0 radical (unpaired) electrons. The summed E-state index contributed by atoms with van der Waals surface area (Å²) in [6.45, 7) is 6.30. The fourth-order valence-corrected chi connectivity index (χ4v) is 3.04. The van der Waals surface area contributed by atoms with Crippen LogP contribution >= 0.6 is 0 Å². The summed E-state index contributed by atoms with van der Waals surface area (Å²) in [5.41, 5.74) is 7.80. The Labute approximate surface area is 133 Å². The number of amides is 1. The van der Waals surface area contributed by atoms with Crippen LogP contribution < -0.4 is 11.1 Å². The van der Waals surface area contributed by atoms with E-state index in [0.29, 0.717) is 6.54 Å². The van der Waals surface area contributed by atoms with E-state index in [1.807, 2.05) is 0 Å². The molecule has 1 aromatic carbocycles. The summed E-state index contributed by atoms with van der Waals surface area (Å²) in [5, 5.41) is 2.96. The zero-order chi connectivity index (χ0) is 15.6. The number of piperidine rings is 1. The maximum atomic E-state index is 11.9. The molecule has 4 heteroatoms. The highest BCUT2D eigenvalue weighted by atomic mass is 16.2. The van der Waals surface area contributed by atoms with Crippen molar-refractivity contribution in [1.82, 2.24) is 10.2 Å². The number of likely N-dealkylation sites (tertiary alicyclic amines) is 1. The Hall–Kier alpha value is -1.39. The topological polar surface area (TPSA) is 58.4 Å². The van der Waals surface area contributed by atoms with Gasteiger partial charge in [0, 0.05) is 13.1 Å². The summed E-state index contributed by atoms with van der Waals surface area (Å²) in [4.78, 5) is 14.4. The predicted molar refractivity (Wildman–Crippen MR) is 88.1 cm³/mol. The number of benzene rings is 1. The van der Waals surface area contributed by atoms with Crippen LogP contribution in [0.25, 0.3) is 0 Å². The monoisotopic (exact) mass is 301 g/mol. The summed E-state index contributed by atoms with van der Waals surface area (Å²) in [6, 6.07) is 8.53. The van der Waals surface area contributed by atoms with E-state index >= 15 is 0 Å². The van der Waals surface area contributed by atoms with E-state index in [9.17, 15) is 4.79 Å². The van der Waals surface area contributed by atoms with Crippen molar-refractivity contribution in [2.75, 3.05) is 13.1 Å². The van der Waals surface area contributed by atoms with Crippen molar-refractivity contribution in [2.24, 2.45) is 11.7 Å². The number of nitrogens with zero attached hydrogens (tertiary/aromatic N) is 1. The van der Waals surface area contributed by atoms with Gasteiger partial charge in [-0.05, 0) is 55.8 Å². The van der Waals surface area contributed by atoms with E-state index in [4.69, 9.17) is 5.73 Å². The summed E-state index contributed by atoms with van der Waals surface area (Å²) in [5.74, 6) is 0.853. The number of hydrogen-bond acceptors (Lipinski definition) is 3. The predicted octanol–water partition coefficient (Wildman–Crippen LogP) is 2.03. The van der Waals surface area contributed by atoms with Gasteiger partial charge in [0.25, 0.3) is 0 Å². The van der Waals surface area contributed by atoms with Crippen LogP contribution in [0.1, 0.15) is 43.7 Å². The van der Waals surface area contributed by atoms with Crippen LogP contribution in [0.4, 0.5) is 0 Å². The molecule has 2 fully saturated rings. The van der Waals surface area contributed by atoms with Crippen molar-refractivity contribution >= 4 is 5.91 Å². The molecule has 1 saturated heterocycles. The first-order valence-electron chi connectivity index (χ1n) is 8.42. The normalized spacial score (nSPS) is 21.5. The van der Waals surface area contributed by atoms with Crippen molar-refractivity contribution < 1.29 is 4.79 Å². The summed E-state index contributed by atoms with van der Waals surface area (Å²) < 4.78 is 0. The number of hydrogen-bond donors (Lipinski definition) is 2. The molecular weight excluding hydrogens is 274 g/mol. The minimum Gasteiger partial charge on any atom is -0.350 e. The molecule has 1 aromatic rings. The van der Waals surface area contributed by atoms with Crippen LogP contribution in [-0.4, -0.2) is 29.4 Å². The maximum Gasteiger partial charge on any atom is 0.240 e. The Morgan fingerprint density at radius 3 is 2.68 bits per heavy atom. The third-order valence-corrected chi connectivity index (χ3v) is 4.97. The lowest BCUT2D eigenvalue weighted by molar-refractivity contribution is -0.123. The zero-order valence-corrected chi connectivity index (χ0v) is 13.5. The zero-order valence-electron chi connectivity index (χ0n) is 13.5. The van der Waals surface area contributed by atoms with Crippen LogP contribution in [0.5, 0.6) is 0 Å². The first kappa shape index (κ1) is 15.5. The Bertz CT molecular complexity index is 531. The van der Waals surface area contributed by atoms with Gasteiger partial charge in [0.1, 0.15) is 0 Å². The maximum absolute atomic E-state index is 11.9. The number of rotatable bonds is 5. The molecule has 22 heavy (non-hydrogen) atoms. The highest BCUT2D eigenvalue weighted by Gasteiger charge is 2.45. The molecule has 1 amide bonds. The minimum atomic E-state index is -0.581. The first-order valence-corrected chi connectivity index (χ1v) is 8.42. The van der Waals surface area contributed by atoms with Crippen molar-refractivity contribution in [3.05, 3.63) is 35.4 Å². The standard InChI is InChI=1S/C18H27N3O/c1-14-5-9-21(10-6-14)13-16-4-2-3-15(11-16)12-20-17(22)18(19)7-8-18/h2-4,11,14H,5-10,12-13,19H2,1H3,(H,20,22). The molecule has 0 spiro atoms. The van der Waals surface area contributed by atoms with Gasteiger partial charge in [-0.1, -0.05) is 31.2 Å². The fraction of sp³-hybridized carbons (Fsp3) is 0.611. The van der Waals surface area contributed by atoms with E-state index < -0.39 is 5.54 Å². The number of nitrogens with one attached hydrogen (secondary N) is 1. The van der Waals surface area contributed by atoms with Gasteiger partial charge in [-0.3, -0.25) is 9.69 Å². The Balaban J connectivity index is 1.52. The van der Waals surface area contributed by atoms with Crippen LogP contribution in [0.3, 0.4) is 0 Å². The molecule has 3 rings (SSSR count). The van der Waals surface area contributed by atoms with Gasteiger partial charge in [-0.15, -0.1) is 0 Å². The molecule has 1 heterocycles. The molecule has 1 saturated carbocycles. The Morgan fingerprint density at radius 2 is 2.00 bits per heavy atom. The van der Waals surface area contributed by atoms with Crippen molar-refractivity contribution in [3.63, 3.8) is 0 Å². The molecule has 3 N–H and O–H groups in total. The molecule has 4 nitrogen and oxygen atoms in total. The number of carbonyl (C=O) groups is 1. The highest BCUT2D eigenvalue weighted by Crippen LogP contribution is 2.32. The van der Waals surface area contributed by atoms with Crippen molar-refractivity contribution in [3.8, 4) is 0 Å². The van der Waals surface area contributed by atoms with Crippen LogP contribution in [0.15, 0.2) is 24.3 Å². The Kier molecular flexibility index (Phi) is 4.50. The Morgan fingerprint density at radius 1 is 1.32 bits per heavy atom. The second kappa shape index (κ2) is 6.39. The third kappa shape index (κ3) is 3.87. The number of carbonyl (C=O) groups excluding carboxylic acids is 1. The van der Waals surface area contributed by atoms with Gasteiger partial charge in [0.2, 0.25) is 5.91 Å². The largest absolute Gasteiger partial charge is 0.350 e. The summed E-state index contributed by atoms with van der Waals surface area (Å²) >= 11 is 0. The lowest BCUT2D eigenvalue weighted by atomic mass is 9.98. The smallest absolute Gasteiger partial charge is 0.240 e. The van der Waals surface area contributed by atoms with Crippen molar-refractivity contribution in [1.29, 1.82) is 0 Å². The lowest BCUT2D eigenvalue weighted by Crippen LogP contribution is -2.42. The van der Waals surface area contributed by atoms with Gasteiger partial charge < -0.3 is 11.1 Å².